The van der Waals surface area contributed by atoms with E-state index in [0.29, 0.717) is 18.4 Å². The number of fused-ring (bicyclic) bond motifs is 1. The summed E-state index contributed by atoms with van der Waals surface area (Å²) >= 11 is 6.05. The predicted molar refractivity (Wildman–Crippen MR) is 165 cm³/mol. The molecule has 1 fully saturated rings. The molecule has 15 heteroatoms. The number of aromatic nitrogens is 2. The third-order valence-electron chi connectivity index (χ3n) is 8.19. The highest BCUT2D eigenvalue weighted by atomic mass is 35.5. The second-order valence-corrected chi connectivity index (χ2v) is 17.6. The van der Waals surface area contributed by atoms with E-state index in [1.807, 2.05) is 0 Å². The van der Waals surface area contributed by atoms with E-state index in [0.717, 1.165) is 0 Å². The first-order valence-electron chi connectivity index (χ1n) is 14.1. The topological polar surface area (TPSA) is 163 Å². The maximum atomic E-state index is 15.1. The van der Waals surface area contributed by atoms with E-state index >= 15 is 4.39 Å². The maximum Gasteiger partial charge on any atom is 0.270 e. The van der Waals surface area contributed by atoms with Gasteiger partial charge in [0.25, 0.3) is 11.6 Å². The molecular formula is C29H36ClFN6O6Si. The van der Waals surface area contributed by atoms with Crippen LogP contribution in [0.15, 0.2) is 36.4 Å². The number of hydrogen-bond acceptors (Lipinski definition) is 7. The number of halogens is 2. The Morgan fingerprint density at radius 3 is 2.55 bits per heavy atom. The minimum atomic E-state index is -2.27. The van der Waals surface area contributed by atoms with Crippen LogP contribution in [0.5, 0.6) is 0 Å². The summed E-state index contributed by atoms with van der Waals surface area (Å²) in [6, 6.07) is 7.30. The van der Waals surface area contributed by atoms with Gasteiger partial charge in [0, 0.05) is 29.1 Å². The van der Waals surface area contributed by atoms with Crippen LogP contribution in [0.4, 0.5) is 10.1 Å². The standard InChI is InChI=1S/C29H36ClFN6O6Si/c1-29(2,3)44(4,5)43-16-22(19-7-6-8-21(30)26(19)31)33-24(38)14-35(17-9-10-17)25(39)15-36-23-12-11-18(37(41)42)13-20(23)27(34-36)28(32)40/h6-8,11-13,17,22H,9-10,14-16H2,1-5H3,(H2,32,40)(H,33,38)/t22-/m1/s1. The van der Waals surface area contributed by atoms with Crippen LogP contribution in [0.1, 0.15) is 55.7 Å². The van der Waals surface area contributed by atoms with Crippen LogP contribution in [0.25, 0.3) is 10.9 Å². The first-order chi connectivity index (χ1) is 20.5. The molecule has 0 saturated heterocycles. The van der Waals surface area contributed by atoms with E-state index in [4.69, 9.17) is 21.8 Å². The summed E-state index contributed by atoms with van der Waals surface area (Å²) in [7, 11) is -2.27. The molecule has 0 aliphatic heterocycles. The molecule has 1 atom stereocenters. The van der Waals surface area contributed by atoms with Crippen molar-refractivity contribution in [2.24, 2.45) is 5.73 Å². The zero-order valence-corrected chi connectivity index (χ0v) is 27.0. The van der Waals surface area contributed by atoms with Gasteiger partial charge < -0.3 is 20.4 Å². The van der Waals surface area contributed by atoms with Gasteiger partial charge in [0.05, 0.1) is 34.7 Å². The lowest BCUT2D eigenvalue weighted by molar-refractivity contribution is -0.384. The number of carbonyl (C=O) groups excluding carboxylic acids is 3. The smallest absolute Gasteiger partial charge is 0.270 e. The minimum Gasteiger partial charge on any atom is -0.414 e. The van der Waals surface area contributed by atoms with Gasteiger partial charge in [0.1, 0.15) is 12.4 Å². The number of amides is 3. The first kappa shape index (κ1) is 33.0. The number of nitrogens with zero attached hydrogens (tertiary/aromatic N) is 4. The van der Waals surface area contributed by atoms with E-state index in [9.17, 15) is 24.5 Å². The minimum absolute atomic E-state index is 0.0121. The summed E-state index contributed by atoms with van der Waals surface area (Å²) in [5, 5.41) is 18.2. The van der Waals surface area contributed by atoms with Crippen molar-refractivity contribution in [3.63, 3.8) is 0 Å². The summed E-state index contributed by atoms with van der Waals surface area (Å²) < 4.78 is 22.7. The molecule has 12 nitrogen and oxygen atoms in total. The summed E-state index contributed by atoms with van der Waals surface area (Å²) in [6.07, 6.45) is 1.39. The molecule has 0 unspecified atom stereocenters. The summed E-state index contributed by atoms with van der Waals surface area (Å²) in [5.74, 6) is -2.54. The number of nitrogens with two attached hydrogens (primary N) is 1. The monoisotopic (exact) mass is 646 g/mol. The number of carbonyl (C=O) groups is 3. The summed E-state index contributed by atoms with van der Waals surface area (Å²) in [4.78, 5) is 51.0. The van der Waals surface area contributed by atoms with Crippen molar-refractivity contribution in [3.05, 3.63) is 68.6 Å². The summed E-state index contributed by atoms with van der Waals surface area (Å²) in [6.45, 7) is 9.68. The average Bonchev–Trinajstić information content (AvgIpc) is 3.71. The number of non-ortho nitro benzene ring substituents is 1. The molecule has 44 heavy (non-hydrogen) atoms. The van der Waals surface area contributed by atoms with Gasteiger partial charge in [-0.2, -0.15) is 5.10 Å². The Kier molecular flexibility index (Phi) is 9.47. The van der Waals surface area contributed by atoms with Crippen molar-refractivity contribution in [3.8, 4) is 0 Å². The predicted octanol–water partition coefficient (Wildman–Crippen LogP) is 4.71. The van der Waals surface area contributed by atoms with Gasteiger partial charge in [0.2, 0.25) is 11.8 Å². The van der Waals surface area contributed by atoms with Gasteiger partial charge in [-0.1, -0.05) is 44.5 Å². The fourth-order valence-electron chi connectivity index (χ4n) is 4.51. The lowest BCUT2D eigenvalue weighted by Crippen LogP contribution is -2.47. The van der Waals surface area contributed by atoms with Crippen molar-refractivity contribution < 1.29 is 28.1 Å². The molecule has 2 aromatic carbocycles. The second kappa shape index (κ2) is 12.6. The molecule has 236 valence electrons. The van der Waals surface area contributed by atoms with Crippen molar-refractivity contribution in [1.29, 1.82) is 0 Å². The van der Waals surface area contributed by atoms with Gasteiger partial charge in [-0.3, -0.25) is 29.2 Å². The van der Waals surface area contributed by atoms with Gasteiger partial charge in [0.15, 0.2) is 14.0 Å². The highest BCUT2D eigenvalue weighted by Crippen LogP contribution is 2.37. The van der Waals surface area contributed by atoms with Gasteiger partial charge >= 0.3 is 0 Å². The van der Waals surface area contributed by atoms with E-state index < -0.39 is 42.8 Å². The van der Waals surface area contributed by atoms with Crippen LogP contribution in [0.3, 0.4) is 0 Å². The van der Waals surface area contributed by atoms with Crippen LogP contribution in [0.2, 0.25) is 23.2 Å². The molecule has 3 N–H and O–H groups in total. The van der Waals surface area contributed by atoms with E-state index in [1.54, 1.807) is 6.07 Å². The average molecular weight is 647 g/mol. The van der Waals surface area contributed by atoms with Crippen molar-refractivity contribution in [2.75, 3.05) is 13.2 Å². The maximum absolute atomic E-state index is 15.1. The quantitative estimate of drug-likeness (QED) is 0.164. The zero-order valence-electron chi connectivity index (χ0n) is 25.2. The molecule has 3 amide bonds. The normalized spacial score (nSPS) is 14.3. The molecule has 0 bridgehead atoms. The van der Waals surface area contributed by atoms with Crippen LogP contribution in [0, 0.1) is 15.9 Å². The number of nitro benzene ring substituents is 1. The molecule has 1 saturated carbocycles. The SMILES string of the molecule is CC(C)(C)[Si](C)(C)OC[C@@H](NC(=O)CN(C(=O)Cn1nc(C(N)=O)c2cc([N+](=O)[O-])ccc21)C1CC1)c1cccc(Cl)c1F. The number of hydrogen-bond donors (Lipinski definition) is 2. The Balaban J connectivity index is 1.55. The van der Waals surface area contributed by atoms with Crippen LogP contribution < -0.4 is 11.1 Å². The molecule has 3 aromatic rings. The summed E-state index contributed by atoms with van der Waals surface area (Å²) in [5.41, 5.74) is 5.46. The third-order valence-corrected chi connectivity index (χ3v) is 13.0. The Labute approximate surface area is 259 Å². The molecule has 1 heterocycles. The molecule has 1 aliphatic rings. The highest BCUT2D eigenvalue weighted by Gasteiger charge is 2.39. The third kappa shape index (κ3) is 7.25. The molecule has 1 aliphatic carbocycles. The zero-order chi connectivity index (χ0) is 32.6. The molecular weight excluding hydrogens is 611 g/mol. The lowest BCUT2D eigenvalue weighted by atomic mass is 10.1. The number of benzene rings is 2. The fraction of sp³-hybridized carbons (Fsp3) is 0.448. The van der Waals surface area contributed by atoms with Gasteiger partial charge in [-0.25, -0.2) is 4.39 Å². The second-order valence-electron chi connectivity index (χ2n) is 12.4. The number of nitrogens with one attached hydrogen (secondary N) is 1. The van der Waals surface area contributed by atoms with Crippen LogP contribution >= 0.6 is 11.6 Å². The Morgan fingerprint density at radius 2 is 1.95 bits per heavy atom. The molecule has 1 aromatic heterocycles. The number of nitro groups is 1. The highest BCUT2D eigenvalue weighted by molar-refractivity contribution is 6.74. The molecule has 4 rings (SSSR count). The number of rotatable bonds is 12. The van der Waals surface area contributed by atoms with Crippen molar-refractivity contribution in [1.82, 2.24) is 20.0 Å². The van der Waals surface area contributed by atoms with Gasteiger partial charge in [-0.05, 0) is 43.1 Å². The lowest BCUT2D eigenvalue weighted by Gasteiger charge is -2.37. The Bertz CT molecular complexity index is 1620. The van der Waals surface area contributed by atoms with E-state index in [2.05, 4.69) is 44.3 Å². The van der Waals surface area contributed by atoms with E-state index in [-0.39, 0.29) is 58.1 Å². The van der Waals surface area contributed by atoms with Crippen molar-refractivity contribution >= 4 is 54.2 Å². The van der Waals surface area contributed by atoms with Crippen LogP contribution in [-0.2, 0) is 20.6 Å². The van der Waals surface area contributed by atoms with Crippen molar-refractivity contribution in [2.45, 2.75) is 70.4 Å². The molecule has 0 spiro atoms. The Hall–Kier alpha value is -3.88. The van der Waals surface area contributed by atoms with E-state index in [1.165, 1.54) is 39.9 Å². The first-order valence-corrected chi connectivity index (χ1v) is 17.4. The largest absolute Gasteiger partial charge is 0.414 e. The fourth-order valence-corrected chi connectivity index (χ4v) is 5.71. The van der Waals surface area contributed by atoms with Gasteiger partial charge in [-0.15, -0.1) is 0 Å². The van der Waals surface area contributed by atoms with Crippen LogP contribution in [-0.4, -0.2) is 64.8 Å². The Morgan fingerprint density at radius 1 is 1.27 bits per heavy atom. The molecule has 0 radical (unpaired) electrons. The number of primary amides is 1.